The summed E-state index contributed by atoms with van der Waals surface area (Å²) in [6.07, 6.45) is 8.51. The highest BCUT2D eigenvalue weighted by atomic mass is 35.5. The predicted octanol–water partition coefficient (Wildman–Crippen LogP) is 4.53. The summed E-state index contributed by atoms with van der Waals surface area (Å²) in [6, 6.07) is 7.45. The SMILES string of the molecule is CN(/N=C/C1CCCCC1)C(=S)Nc1ccc(Cl)cc1. The number of halogens is 1. The predicted molar refractivity (Wildman–Crippen MR) is 90.5 cm³/mol. The van der Waals surface area contributed by atoms with Gasteiger partial charge in [-0.25, -0.2) is 5.01 Å². The standard InChI is InChI=1S/C15H20ClN3S/c1-19(17-11-12-5-3-2-4-6-12)15(20)18-14-9-7-13(16)8-10-14/h7-12H,2-6H2,1H3,(H,18,20)/b17-11+. The van der Waals surface area contributed by atoms with E-state index in [9.17, 15) is 0 Å². The van der Waals surface area contributed by atoms with E-state index in [1.807, 2.05) is 37.5 Å². The molecule has 1 fully saturated rings. The second kappa shape index (κ2) is 7.60. The van der Waals surface area contributed by atoms with Crippen molar-refractivity contribution in [3.05, 3.63) is 29.3 Å². The van der Waals surface area contributed by atoms with Crippen LogP contribution >= 0.6 is 23.8 Å². The Morgan fingerprint density at radius 1 is 1.30 bits per heavy atom. The highest BCUT2D eigenvalue weighted by Gasteiger charge is 2.11. The lowest BCUT2D eigenvalue weighted by atomic mass is 9.90. The van der Waals surface area contributed by atoms with Gasteiger partial charge in [0.15, 0.2) is 5.11 Å². The van der Waals surface area contributed by atoms with Crippen LogP contribution in [0, 0.1) is 5.92 Å². The van der Waals surface area contributed by atoms with Gasteiger partial charge in [0.25, 0.3) is 0 Å². The molecule has 2 rings (SSSR count). The van der Waals surface area contributed by atoms with Gasteiger partial charge in [-0.1, -0.05) is 30.9 Å². The van der Waals surface area contributed by atoms with Crippen molar-refractivity contribution in [2.75, 3.05) is 12.4 Å². The van der Waals surface area contributed by atoms with Crippen LogP contribution in [0.25, 0.3) is 0 Å². The van der Waals surface area contributed by atoms with Crippen LogP contribution in [-0.4, -0.2) is 23.4 Å². The molecule has 0 amide bonds. The Bertz CT molecular complexity index is 467. The van der Waals surface area contributed by atoms with Crippen LogP contribution in [0.2, 0.25) is 5.02 Å². The van der Waals surface area contributed by atoms with Crippen LogP contribution in [0.4, 0.5) is 5.69 Å². The fraction of sp³-hybridized carbons (Fsp3) is 0.467. The average molecular weight is 310 g/mol. The molecule has 0 unspecified atom stereocenters. The van der Waals surface area contributed by atoms with Crippen molar-refractivity contribution in [2.24, 2.45) is 11.0 Å². The lowest BCUT2D eigenvalue weighted by Gasteiger charge is -2.20. The van der Waals surface area contributed by atoms with Gasteiger partial charge in [0.05, 0.1) is 0 Å². The topological polar surface area (TPSA) is 27.6 Å². The van der Waals surface area contributed by atoms with Gasteiger partial charge in [0.1, 0.15) is 0 Å². The summed E-state index contributed by atoms with van der Waals surface area (Å²) in [6.45, 7) is 0. The molecular weight excluding hydrogens is 290 g/mol. The normalized spacial score (nSPS) is 16.3. The highest BCUT2D eigenvalue weighted by Crippen LogP contribution is 2.22. The second-order valence-corrected chi connectivity index (χ2v) is 5.95. The molecule has 1 aromatic carbocycles. The van der Waals surface area contributed by atoms with Crippen molar-refractivity contribution in [1.29, 1.82) is 0 Å². The fourth-order valence-corrected chi connectivity index (χ4v) is 2.56. The van der Waals surface area contributed by atoms with Crippen LogP contribution in [0.1, 0.15) is 32.1 Å². The Balaban J connectivity index is 1.84. The molecule has 1 aromatic rings. The minimum Gasteiger partial charge on any atom is -0.331 e. The maximum absolute atomic E-state index is 5.85. The summed E-state index contributed by atoms with van der Waals surface area (Å²) in [5.41, 5.74) is 0.916. The van der Waals surface area contributed by atoms with E-state index in [4.69, 9.17) is 23.8 Å². The van der Waals surface area contributed by atoms with Gasteiger partial charge < -0.3 is 5.32 Å². The Kier molecular flexibility index (Phi) is 5.80. The smallest absolute Gasteiger partial charge is 0.193 e. The van der Waals surface area contributed by atoms with Crippen LogP contribution in [0.15, 0.2) is 29.4 Å². The number of benzene rings is 1. The molecule has 0 saturated heterocycles. The number of hydrazone groups is 1. The maximum Gasteiger partial charge on any atom is 0.193 e. The van der Waals surface area contributed by atoms with E-state index in [0.29, 0.717) is 16.1 Å². The number of nitrogens with one attached hydrogen (secondary N) is 1. The second-order valence-electron chi connectivity index (χ2n) is 5.12. The third-order valence-corrected chi connectivity index (χ3v) is 4.11. The molecule has 0 radical (unpaired) electrons. The van der Waals surface area contributed by atoms with Gasteiger partial charge in [-0.15, -0.1) is 0 Å². The largest absolute Gasteiger partial charge is 0.331 e. The number of rotatable bonds is 3. The van der Waals surface area contributed by atoms with E-state index in [1.165, 1.54) is 32.1 Å². The van der Waals surface area contributed by atoms with Crippen molar-refractivity contribution in [1.82, 2.24) is 5.01 Å². The maximum atomic E-state index is 5.85. The van der Waals surface area contributed by atoms with Crippen molar-refractivity contribution < 1.29 is 0 Å². The number of nitrogens with zero attached hydrogens (tertiary/aromatic N) is 2. The number of hydrogen-bond donors (Lipinski definition) is 1. The van der Waals surface area contributed by atoms with E-state index in [-0.39, 0.29) is 0 Å². The molecule has 0 atom stereocenters. The fourth-order valence-electron chi connectivity index (χ4n) is 2.27. The molecule has 0 spiro atoms. The Hall–Kier alpha value is -1.13. The zero-order chi connectivity index (χ0) is 14.4. The number of anilines is 1. The van der Waals surface area contributed by atoms with Crippen molar-refractivity contribution in [2.45, 2.75) is 32.1 Å². The third-order valence-electron chi connectivity index (χ3n) is 3.49. The summed E-state index contributed by atoms with van der Waals surface area (Å²) in [7, 11) is 1.87. The molecule has 0 aliphatic heterocycles. The Morgan fingerprint density at radius 3 is 2.60 bits per heavy atom. The molecule has 3 nitrogen and oxygen atoms in total. The first kappa shape index (κ1) is 15.3. The lowest BCUT2D eigenvalue weighted by Crippen LogP contribution is -2.27. The Morgan fingerprint density at radius 2 is 1.95 bits per heavy atom. The van der Waals surface area contributed by atoms with E-state index < -0.39 is 0 Å². The lowest BCUT2D eigenvalue weighted by molar-refractivity contribution is 0.438. The zero-order valence-corrected chi connectivity index (χ0v) is 13.3. The minimum atomic E-state index is 0.583. The Labute approximate surface area is 131 Å². The molecule has 0 aromatic heterocycles. The van der Waals surface area contributed by atoms with Gasteiger partial charge in [-0.3, -0.25) is 0 Å². The van der Waals surface area contributed by atoms with Gasteiger partial charge in [0, 0.05) is 24.0 Å². The van der Waals surface area contributed by atoms with E-state index in [0.717, 1.165) is 5.69 Å². The van der Waals surface area contributed by atoms with E-state index in [1.54, 1.807) is 5.01 Å². The minimum absolute atomic E-state index is 0.583. The van der Waals surface area contributed by atoms with Crippen molar-refractivity contribution in [3.63, 3.8) is 0 Å². The molecule has 0 bridgehead atoms. The van der Waals surface area contributed by atoms with Crippen molar-refractivity contribution in [3.8, 4) is 0 Å². The van der Waals surface area contributed by atoms with Crippen LogP contribution in [0.3, 0.4) is 0 Å². The van der Waals surface area contributed by atoms with Gasteiger partial charge in [0.2, 0.25) is 0 Å². The first-order chi connectivity index (χ1) is 9.65. The van der Waals surface area contributed by atoms with Gasteiger partial charge in [-0.05, 0) is 55.2 Å². The molecule has 5 heteroatoms. The molecule has 1 N–H and O–H groups in total. The summed E-state index contributed by atoms with van der Waals surface area (Å²) >= 11 is 11.2. The van der Waals surface area contributed by atoms with E-state index in [2.05, 4.69) is 10.4 Å². The molecule has 20 heavy (non-hydrogen) atoms. The van der Waals surface area contributed by atoms with Gasteiger partial charge >= 0.3 is 0 Å². The molecule has 1 aliphatic rings. The first-order valence-electron chi connectivity index (χ1n) is 6.99. The summed E-state index contributed by atoms with van der Waals surface area (Å²) in [4.78, 5) is 0. The van der Waals surface area contributed by atoms with Crippen molar-refractivity contribution >= 4 is 40.8 Å². The summed E-state index contributed by atoms with van der Waals surface area (Å²) in [5.74, 6) is 0.601. The number of thiocarbonyl (C=S) groups is 1. The monoisotopic (exact) mass is 309 g/mol. The van der Waals surface area contributed by atoms with Crippen LogP contribution in [0.5, 0.6) is 0 Å². The molecule has 0 heterocycles. The molecule has 108 valence electrons. The quantitative estimate of drug-likeness (QED) is 0.505. The number of hydrogen-bond acceptors (Lipinski definition) is 2. The first-order valence-corrected chi connectivity index (χ1v) is 7.78. The molecular formula is C15H20ClN3S. The summed E-state index contributed by atoms with van der Waals surface area (Å²) in [5, 5.41) is 10.6. The molecule has 1 saturated carbocycles. The highest BCUT2D eigenvalue weighted by molar-refractivity contribution is 7.80. The molecule has 1 aliphatic carbocycles. The zero-order valence-electron chi connectivity index (χ0n) is 11.7. The third kappa shape index (κ3) is 4.76. The van der Waals surface area contributed by atoms with Crippen LogP contribution < -0.4 is 5.32 Å². The average Bonchev–Trinajstić information content (AvgIpc) is 2.48. The summed E-state index contributed by atoms with van der Waals surface area (Å²) < 4.78 is 0. The van der Waals surface area contributed by atoms with E-state index >= 15 is 0 Å². The van der Waals surface area contributed by atoms with Gasteiger partial charge in [-0.2, -0.15) is 5.10 Å². The van der Waals surface area contributed by atoms with Crippen LogP contribution in [-0.2, 0) is 0 Å².